The lowest BCUT2D eigenvalue weighted by Gasteiger charge is -2.17. The molecule has 1 atom stereocenters. The van der Waals surface area contributed by atoms with Crippen molar-refractivity contribution in [1.29, 1.82) is 0 Å². The molecule has 0 fully saturated rings. The highest BCUT2D eigenvalue weighted by atomic mass is 16.5. The minimum Gasteiger partial charge on any atom is -0.494 e. The second-order valence-corrected chi connectivity index (χ2v) is 7.20. The SMILES string of the molecule is CCOc1ccc(NC(=O)c2ccccc2NC(=O)C(C)Oc2ccc(CC)cc2)cc1. The zero-order chi connectivity index (χ0) is 22.9. The van der Waals surface area contributed by atoms with Gasteiger partial charge in [-0.05, 0) is 74.4 Å². The van der Waals surface area contributed by atoms with E-state index in [-0.39, 0.29) is 11.8 Å². The van der Waals surface area contributed by atoms with E-state index < -0.39 is 6.10 Å². The Hall–Kier alpha value is -3.80. The molecular weight excluding hydrogens is 404 g/mol. The Kier molecular flexibility index (Phi) is 7.86. The van der Waals surface area contributed by atoms with Gasteiger partial charge in [0.15, 0.2) is 6.10 Å². The molecule has 1 unspecified atom stereocenters. The molecular formula is C26H28N2O4. The number of carbonyl (C=O) groups excluding carboxylic acids is 2. The monoisotopic (exact) mass is 432 g/mol. The van der Waals surface area contributed by atoms with Crippen LogP contribution in [0.3, 0.4) is 0 Å². The number of amides is 2. The lowest BCUT2D eigenvalue weighted by Crippen LogP contribution is -2.31. The fourth-order valence-electron chi connectivity index (χ4n) is 3.09. The van der Waals surface area contributed by atoms with E-state index in [1.807, 2.05) is 31.2 Å². The molecule has 0 bridgehead atoms. The predicted molar refractivity (Wildman–Crippen MR) is 127 cm³/mol. The molecule has 3 rings (SSSR count). The van der Waals surface area contributed by atoms with Gasteiger partial charge < -0.3 is 20.1 Å². The van der Waals surface area contributed by atoms with Crippen LogP contribution in [0.2, 0.25) is 0 Å². The van der Waals surface area contributed by atoms with Crippen molar-refractivity contribution in [2.45, 2.75) is 33.3 Å². The molecule has 3 aromatic rings. The van der Waals surface area contributed by atoms with Gasteiger partial charge in [0.2, 0.25) is 0 Å². The van der Waals surface area contributed by atoms with E-state index in [0.717, 1.165) is 12.2 Å². The summed E-state index contributed by atoms with van der Waals surface area (Å²) in [4.78, 5) is 25.5. The first-order valence-corrected chi connectivity index (χ1v) is 10.7. The first-order valence-electron chi connectivity index (χ1n) is 10.7. The zero-order valence-electron chi connectivity index (χ0n) is 18.6. The number of rotatable bonds is 9. The van der Waals surface area contributed by atoms with Gasteiger partial charge in [-0.3, -0.25) is 9.59 Å². The van der Waals surface area contributed by atoms with Crippen LogP contribution >= 0.6 is 0 Å². The Morgan fingerprint density at radius 1 is 0.844 bits per heavy atom. The Labute approximate surface area is 188 Å². The van der Waals surface area contributed by atoms with Crippen molar-refractivity contribution in [2.75, 3.05) is 17.2 Å². The summed E-state index contributed by atoms with van der Waals surface area (Å²) in [7, 11) is 0. The number of para-hydroxylation sites is 1. The van der Waals surface area contributed by atoms with Gasteiger partial charge in [0.25, 0.3) is 11.8 Å². The van der Waals surface area contributed by atoms with Crippen LogP contribution in [0.1, 0.15) is 36.7 Å². The van der Waals surface area contributed by atoms with Crippen molar-refractivity contribution >= 4 is 23.2 Å². The highest BCUT2D eigenvalue weighted by Gasteiger charge is 2.18. The minimum absolute atomic E-state index is 0.325. The molecule has 6 nitrogen and oxygen atoms in total. The molecule has 0 aliphatic carbocycles. The van der Waals surface area contributed by atoms with Gasteiger partial charge in [-0.15, -0.1) is 0 Å². The van der Waals surface area contributed by atoms with Crippen LogP contribution in [0.4, 0.5) is 11.4 Å². The highest BCUT2D eigenvalue weighted by molar-refractivity contribution is 6.10. The molecule has 32 heavy (non-hydrogen) atoms. The van der Waals surface area contributed by atoms with E-state index in [0.29, 0.717) is 29.3 Å². The van der Waals surface area contributed by atoms with Gasteiger partial charge in [0.05, 0.1) is 17.9 Å². The number of ether oxygens (including phenoxy) is 2. The van der Waals surface area contributed by atoms with E-state index in [9.17, 15) is 9.59 Å². The summed E-state index contributed by atoms with van der Waals surface area (Å²) in [5.41, 5.74) is 2.60. The molecule has 0 saturated heterocycles. The van der Waals surface area contributed by atoms with E-state index in [1.165, 1.54) is 5.56 Å². The zero-order valence-corrected chi connectivity index (χ0v) is 18.6. The summed E-state index contributed by atoms with van der Waals surface area (Å²) in [6.07, 6.45) is 0.205. The molecule has 166 valence electrons. The Bertz CT molecular complexity index is 1050. The standard InChI is InChI=1S/C26H28N2O4/c1-4-19-10-14-22(15-11-19)32-18(3)25(29)28-24-9-7-6-8-23(24)26(30)27-20-12-16-21(17-13-20)31-5-2/h6-18H,4-5H2,1-3H3,(H,27,30)(H,28,29). The molecule has 2 amide bonds. The van der Waals surface area contributed by atoms with Gasteiger partial charge in [-0.25, -0.2) is 0 Å². The maximum Gasteiger partial charge on any atom is 0.265 e. The second kappa shape index (κ2) is 11.0. The van der Waals surface area contributed by atoms with Gasteiger partial charge in [-0.2, -0.15) is 0 Å². The van der Waals surface area contributed by atoms with Crippen molar-refractivity contribution in [3.8, 4) is 11.5 Å². The summed E-state index contributed by atoms with van der Waals surface area (Å²) in [6.45, 7) is 6.24. The van der Waals surface area contributed by atoms with E-state index in [1.54, 1.807) is 55.5 Å². The first kappa shape index (κ1) is 22.9. The Morgan fingerprint density at radius 3 is 2.16 bits per heavy atom. The second-order valence-electron chi connectivity index (χ2n) is 7.20. The lowest BCUT2D eigenvalue weighted by atomic mass is 10.1. The van der Waals surface area contributed by atoms with Crippen LogP contribution in [0, 0.1) is 0 Å². The smallest absolute Gasteiger partial charge is 0.265 e. The average Bonchev–Trinajstić information content (AvgIpc) is 2.81. The molecule has 6 heteroatoms. The maximum absolute atomic E-state index is 12.8. The van der Waals surface area contributed by atoms with Crippen LogP contribution in [0.25, 0.3) is 0 Å². The van der Waals surface area contributed by atoms with E-state index in [2.05, 4.69) is 17.6 Å². The van der Waals surface area contributed by atoms with E-state index in [4.69, 9.17) is 9.47 Å². The molecule has 0 spiro atoms. The van der Waals surface area contributed by atoms with Crippen LogP contribution in [-0.4, -0.2) is 24.5 Å². The molecule has 0 aromatic heterocycles. The third kappa shape index (κ3) is 6.11. The van der Waals surface area contributed by atoms with Crippen molar-refractivity contribution in [3.05, 3.63) is 83.9 Å². The summed E-state index contributed by atoms with van der Waals surface area (Å²) < 4.78 is 11.2. The fourth-order valence-corrected chi connectivity index (χ4v) is 3.09. The van der Waals surface area contributed by atoms with Crippen molar-refractivity contribution in [1.82, 2.24) is 0 Å². The van der Waals surface area contributed by atoms with Gasteiger partial charge in [0.1, 0.15) is 11.5 Å². The van der Waals surface area contributed by atoms with Gasteiger partial charge in [0, 0.05) is 5.69 Å². The van der Waals surface area contributed by atoms with Crippen LogP contribution in [0.15, 0.2) is 72.8 Å². The topological polar surface area (TPSA) is 76.7 Å². The summed E-state index contributed by atoms with van der Waals surface area (Å²) >= 11 is 0. The predicted octanol–water partition coefficient (Wildman–Crippen LogP) is 5.31. The average molecular weight is 433 g/mol. The first-order chi connectivity index (χ1) is 15.5. The number of hydrogen-bond acceptors (Lipinski definition) is 4. The van der Waals surface area contributed by atoms with Gasteiger partial charge >= 0.3 is 0 Å². The summed E-state index contributed by atoms with van der Waals surface area (Å²) in [6, 6.07) is 21.6. The third-order valence-electron chi connectivity index (χ3n) is 4.87. The molecule has 0 heterocycles. The van der Waals surface area contributed by atoms with Crippen LogP contribution < -0.4 is 20.1 Å². The summed E-state index contributed by atoms with van der Waals surface area (Å²) in [5.74, 6) is 0.683. The van der Waals surface area contributed by atoms with Gasteiger partial charge in [-0.1, -0.05) is 31.2 Å². The van der Waals surface area contributed by atoms with Crippen LogP contribution in [0.5, 0.6) is 11.5 Å². The molecule has 3 aromatic carbocycles. The number of benzene rings is 3. The Balaban J connectivity index is 1.65. The fraction of sp³-hybridized carbons (Fsp3) is 0.231. The number of aryl methyl sites for hydroxylation is 1. The largest absolute Gasteiger partial charge is 0.494 e. The maximum atomic E-state index is 12.8. The quantitative estimate of drug-likeness (QED) is 0.481. The summed E-state index contributed by atoms with van der Waals surface area (Å²) in [5, 5.41) is 5.64. The number of hydrogen-bond donors (Lipinski definition) is 2. The third-order valence-corrected chi connectivity index (χ3v) is 4.87. The van der Waals surface area contributed by atoms with Crippen molar-refractivity contribution < 1.29 is 19.1 Å². The molecule has 0 saturated carbocycles. The number of anilines is 2. The lowest BCUT2D eigenvalue weighted by molar-refractivity contribution is -0.122. The molecule has 2 N–H and O–H groups in total. The highest BCUT2D eigenvalue weighted by Crippen LogP contribution is 2.21. The Morgan fingerprint density at radius 2 is 1.50 bits per heavy atom. The normalized spacial score (nSPS) is 11.3. The molecule has 0 aliphatic rings. The molecule has 0 aliphatic heterocycles. The molecule has 0 radical (unpaired) electrons. The minimum atomic E-state index is -0.732. The van der Waals surface area contributed by atoms with Crippen LogP contribution in [-0.2, 0) is 11.2 Å². The number of carbonyl (C=O) groups is 2. The van der Waals surface area contributed by atoms with Crippen molar-refractivity contribution in [2.24, 2.45) is 0 Å². The number of nitrogens with one attached hydrogen (secondary N) is 2. The van der Waals surface area contributed by atoms with Crippen molar-refractivity contribution in [3.63, 3.8) is 0 Å². The van der Waals surface area contributed by atoms with E-state index >= 15 is 0 Å².